The van der Waals surface area contributed by atoms with Gasteiger partial charge in [-0.1, -0.05) is 13.8 Å². The second-order valence-corrected chi connectivity index (χ2v) is 3.74. The van der Waals surface area contributed by atoms with Gasteiger partial charge in [-0.15, -0.1) is 0 Å². The summed E-state index contributed by atoms with van der Waals surface area (Å²) in [6, 6.07) is 0. The van der Waals surface area contributed by atoms with Crippen LogP contribution in [0, 0.1) is 5.92 Å². The van der Waals surface area contributed by atoms with Gasteiger partial charge in [0.1, 0.15) is 4.60 Å². The third-order valence-corrected chi connectivity index (χ3v) is 2.01. The Labute approximate surface area is 74.5 Å². The number of nitrogen functional groups attached to an aromatic ring is 1. The van der Waals surface area contributed by atoms with Crippen LogP contribution in [0.3, 0.4) is 0 Å². The van der Waals surface area contributed by atoms with Crippen LogP contribution in [0.15, 0.2) is 4.60 Å². The molecule has 62 valence electrons. The summed E-state index contributed by atoms with van der Waals surface area (Å²) >= 11 is 3.32. The minimum Gasteiger partial charge on any atom is -0.369 e. The van der Waals surface area contributed by atoms with Crippen LogP contribution in [0.4, 0.5) is 5.95 Å². The van der Waals surface area contributed by atoms with Crippen molar-refractivity contribution in [3.8, 4) is 0 Å². The molecule has 11 heavy (non-hydrogen) atoms. The predicted molar refractivity (Wildman–Crippen MR) is 49.2 cm³/mol. The molecule has 0 aliphatic heterocycles. The highest BCUT2D eigenvalue weighted by molar-refractivity contribution is 9.10. The second kappa shape index (κ2) is 3.26. The summed E-state index contributed by atoms with van der Waals surface area (Å²) in [4.78, 5) is 7.00. The molecule has 1 aromatic heterocycles. The van der Waals surface area contributed by atoms with Crippen molar-refractivity contribution in [1.82, 2.24) is 9.97 Å². The van der Waals surface area contributed by atoms with Crippen molar-refractivity contribution in [2.24, 2.45) is 5.92 Å². The molecule has 0 unspecified atom stereocenters. The normalized spacial score (nSPS) is 10.9. The summed E-state index contributed by atoms with van der Waals surface area (Å²) in [5.74, 6) is 1.10. The number of aromatic amines is 1. The Morgan fingerprint density at radius 3 is 2.64 bits per heavy atom. The summed E-state index contributed by atoms with van der Waals surface area (Å²) in [5.41, 5.74) is 6.54. The molecule has 4 heteroatoms. The van der Waals surface area contributed by atoms with E-state index in [1.807, 2.05) is 0 Å². The average molecular weight is 218 g/mol. The molecule has 0 radical (unpaired) electrons. The van der Waals surface area contributed by atoms with Crippen LogP contribution in [0.25, 0.3) is 0 Å². The van der Waals surface area contributed by atoms with Gasteiger partial charge < -0.3 is 10.7 Å². The van der Waals surface area contributed by atoms with Gasteiger partial charge >= 0.3 is 0 Å². The van der Waals surface area contributed by atoms with Crippen LogP contribution in [0.2, 0.25) is 0 Å². The number of hydrogen-bond acceptors (Lipinski definition) is 2. The Bertz CT molecular complexity index is 242. The zero-order valence-electron chi connectivity index (χ0n) is 6.69. The van der Waals surface area contributed by atoms with E-state index >= 15 is 0 Å². The van der Waals surface area contributed by atoms with Gasteiger partial charge in [-0.25, -0.2) is 4.98 Å². The monoisotopic (exact) mass is 217 g/mol. The molecule has 0 bridgehead atoms. The van der Waals surface area contributed by atoms with Gasteiger partial charge in [0.2, 0.25) is 0 Å². The van der Waals surface area contributed by atoms with Gasteiger partial charge in [0.05, 0.1) is 5.69 Å². The highest BCUT2D eigenvalue weighted by Crippen LogP contribution is 2.17. The van der Waals surface area contributed by atoms with E-state index in [4.69, 9.17) is 5.73 Å². The van der Waals surface area contributed by atoms with E-state index in [9.17, 15) is 0 Å². The van der Waals surface area contributed by atoms with Crippen LogP contribution in [-0.2, 0) is 6.42 Å². The third-order valence-electron chi connectivity index (χ3n) is 1.36. The molecule has 0 amide bonds. The number of nitrogens with one attached hydrogen (secondary N) is 1. The van der Waals surface area contributed by atoms with Crippen molar-refractivity contribution in [2.45, 2.75) is 20.3 Å². The largest absolute Gasteiger partial charge is 0.369 e. The molecule has 0 saturated heterocycles. The lowest BCUT2D eigenvalue weighted by Gasteiger charge is -2.00. The Kier molecular flexibility index (Phi) is 2.54. The zero-order valence-corrected chi connectivity index (χ0v) is 8.27. The molecule has 0 spiro atoms. The molecule has 1 aromatic rings. The van der Waals surface area contributed by atoms with Gasteiger partial charge in [0.25, 0.3) is 0 Å². The quantitative estimate of drug-likeness (QED) is 0.797. The lowest BCUT2D eigenvalue weighted by Crippen LogP contribution is -1.95. The molecular formula is C7H12BrN3. The first-order valence-electron chi connectivity index (χ1n) is 3.59. The summed E-state index contributed by atoms with van der Waals surface area (Å²) in [6.07, 6.45) is 0.977. The zero-order chi connectivity index (χ0) is 8.43. The lowest BCUT2D eigenvalue weighted by atomic mass is 10.1. The van der Waals surface area contributed by atoms with E-state index in [1.165, 1.54) is 0 Å². The highest BCUT2D eigenvalue weighted by Gasteiger charge is 2.06. The van der Waals surface area contributed by atoms with Crippen molar-refractivity contribution >= 4 is 21.9 Å². The van der Waals surface area contributed by atoms with Crippen molar-refractivity contribution < 1.29 is 0 Å². The van der Waals surface area contributed by atoms with E-state index in [-0.39, 0.29) is 0 Å². The number of imidazole rings is 1. The third kappa shape index (κ3) is 2.22. The second-order valence-electron chi connectivity index (χ2n) is 2.99. The van der Waals surface area contributed by atoms with Gasteiger partial charge in [-0.05, 0) is 28.3 Å². The number of halogens is 1. The number of hydrogen-bond donors (Lipinski definition) is 2. The maximum Gasteiger partial charge on any atom is 0.198 e. The molecule has 0 aromatic carbocycles. The smallest absolute Gasteiger partial charge is 0.198 e. The maximum absolute atomic E-state index is 5.46. The molecular weight excluding hydrogens is 206 g/mol. The van der Waals surface area contributed by atoms with Crippen molar-refractivity contribution in [3.05, 3.63) is 10.3 Å². The summed E-state index contributed by atoms with van der Waals surface area (Å²) in [6.45, 7) is 4.31. The number of H-pyrrole nitrogens is 1. The van der Waals surface area contributed by atoms with Gasteiger partial charge in [-0.3, -0.25) is 0 Å². The first kappa shape index (κ1) is 8.59. The molecule has 3 N–H and O–H groups in total. The van der Waals surface area contributed by atoms with Crippen LogP contribution in [-0.4, -0.2) is 9.97 Å². The molecule has 0 atom stereocenters. The van der Waals surface area contributed by atoms with Crippen molar-refractivity contribution in [3.63, 3.8) is 0 Å². The molecule has 0 aliphatic carbocycles. The van der Waals surface area contributed by atoms with Crippen LogP contribution < -0.4 is 5.73 Å². The number of rotatable bonds is 2. The Morgan fingerprint density at radius 2 is 2.27 bits per heavy atom. The highest BCUT2D eigenvalue weighted by atomic mass is 79.9. The lowest BCUT2D eigenvalue weighted by molar-refractivity contribution is 0.636. The van der Waals surface area contributed by atoms with Gasteiger partial charge in [0.15, 0.2) is 5.95 Å². The van der Waals surface area contributed by atoms with Crippen molar-refractivity contribution in [2.75, 3.05) is 5.73 Å². The Balaban J connectivity index is 2.77. The average Bonchev–Trinajstić information content (AvgIpc) is 2.09. The SMILES string of the molecule is CC(C)Cc1[nH]c(N)nc1Br. The molecule has 0 fully saturated rings. The van der Waals surface area contributed by atoms with E-state index in [2.05, 4.69) is 39.7 Å². The number of aromatic nitrogens is 2. The minimum absolute atomic E-state index is 0.479. The first-order chi connectivity index (χ1) is 5.09. The van der Waals surface area contributed by atoms with E-state index in [0.29, 0.717) is 11.9 Å². The molecule has 3 nitrogen and oxygen atoms in total. The van der Waals surface area contributed by atoms with Gasteiger partial charge in [-0.2, -0.15) is 0 Å². The van der Waals surface area contributed by atoms with Crippen LogP contribution in [0.5, 0.6) is 0 Å². The van der Waals surface area contributed by atoms with E-state index in [0.717, 1.165) is 16.7 Å². The number of nitrogens with two attached hydrogens (primary N) is 1. The summed E-state index contributed by atoms with van der Waals surface area (Å²) < 4.78 is 0.837. The van der Waals surface area contributed by atoms with E-state index in [1.54, 1.807) is 0 Å². The first-order valence-corrected chi connectivity index (χ1v) is 4.38. The summed E-state index contributed by atoms with van der Waals surface area (Å²) in [5, 5.41) is 0. The van der Waals surface area contributed by atoms with Crippen molar-refractivity contribution in [1.29, 1.82) is 0 Å². The Morgan fingerprint density at radius 1 is 1.64 bits per heavy atom. The topological polar surface area (TPSA) is 54.7 Å². The molecule has 1 heterocycles. The molecule has 0 aliphatic rings. The predicted octanol–water partition coefficient (Wildman–Crippen LogP) is 1.95. The van der Waals surface area contributed by atoms with Gasteiger partial charge in [0, 0.05) is 0 Å². The van der Waals surface area contributed by atoms with E-state index < -0.39 is 0 Å². The number of anilines is 1. The van der Waals surface area contributed by atoms with Crippen LogP contribution >= 0.6 is 15.9 Å². The molecule has 0 saturated carbocycles. The minimum atomic E-state index is 0.479. The fourth-order valence-electron chi connectivity index (χ4n) is 0.951. The standard InChI is InChI=1S/C7H12BrN3/c1-4(2)3-5-6(8)11-7(9)10-5/h4H,3H2,1-2H3,(H3,9,10,11). The van der Waals surface area contributed by atoms with Crippen LogP contribution in [0.1, 0.15) is 19.5 Å². The summed E-state index contributed by atoms with van der Waals surface area (Å²) in [7, 11) is 0. The fourth-order valence-corrected chi connectivity index (χ4v) is 1.40. The number of nitrogens with zero attached hydrogens (tertiary/aromatic N) is 1. The Hall–Kier alpha value is -0.510. The maximum atomic E-state index is 5.46. The fraction of sp³-hybridized carbons (Fsp3) is 0.571. The molecule has 1 rings (SSSR count).